The maximum atomic E-state index is 12.5. The van der Waals surface area contributed by atoms with E-state index in [1.54, 1.807) is 0 Å². The topological polar surface area (TPSA) is 46.9 Å². The van der Waals surface area contributed by atoms with E-state index in [1.807, 2.05) is 30.5 Å². The number of benzene rings is 1. The van der Waals surface area contributed by atoms with E-state index in [0.717, 1.165) is 34.4 Å². The fraction of sp³-hybridized carbons (Fsp3) is 0.545. The van der Waals surface area contributed by atoms with Crippen molar-refractivity contribution in [2.75, 3.05) is 5.75 Å². The van der Waals surface area contributed by atoms with Crippen LogP contribution in [0.1, 0.15) is 46.5 Å². The van der Waals surface area contributed by atoms with Crippen molar-refractivity contribution < 1.29 is 4.79 Å². The van der Waals surface area contributed by atoms with Gasteiger partial charge in [0.15, 0.2) is 5.16 Å². The second kappa shape index (κ2) is 9.84. The zero-order valence-corrected chi connectivity index (χ0v) is 18.5. The molecule has 1 aromatic heterocycles. The van der Waals surface area contributed by atoms with Crippen LogP contribution in [0.4, 0.5) is 0 Å². The van der Waals surface area contributed by atoms with E-state index >= 15 is 0 Å². The van der Waals surface area contributed by atoms with Crippen LogP contribution in [-0.4, -0.2) is 27.3 Å². The molecule has 4 nitrogen and oxygen atoms in total. The van der Waals surface area contributed by atoms with Gasteiger partial charge in [0.1, 0.15) is 0 Å². The average Bonchev–Trinajstić information content (AvgIpc) is 3.04. The maximum absolute atomic E-state index is 12.5. The maximum Gasteiger partial charge on any atom is 0.230 e. The van der Waals surface area contributed by atoms with E-state index in [-0.39, 0.29) is 5.91 Å². The molecule has 0 spiro atoms. The third-order valence-electron chi connectivity index (χ3n) is 5.30. The molecule has 28 heavy (non-hydrogen) atoms. The first kappa shape index (κ1) is 21.3. The van der Waals surface area contributed by atoms with E-state index in [9.17, 15) is 4.79 Å². The second-order valence-corrected chi connectivity index (χ2v) is 9.54. The Morgan fingerprint density at radius 2 is 2.00 bits per heavy atom. The molecule has 3 rings (SSSR count). The van der Waals surface area contributed by atoms with Crippen LogP contribution in [0.5, 0.6) is 0 Å². The highest BCUT2D eigenvalue weighted by Gasteiger charge is 2.23. The molecule has 1 N–H and O–H groups in total. The van der Waals surface area contributed by atoms with Crippen LogP contribution in [0.2, 0.25) is 5.02 Å². The third-order valence-corrected chi connectivity index (χ3v) is 6.54. The first-order valence-corrected chi connectivity index (χ1v) is 11.5. The molecule has 1 aliphatic carbocycles. The molecule has 2 unspecified atom stereocenters. The van der Waals surface area contributed by atoms with Gasteiger partial charge in [-0.05, 0) is 42.4 Å². The summed E-state index contributed by atoms with van der Waals surface area (Å²) in [5.41, 5.74) is 2.15. The van der Waals surface area contributed by atoms with Gasteiger partial charge in [0.2, 0.25) is 5.91 Å². The first-order valence-electron chi connectivity index (χ1n) is 10.2. The number of hydrogen-bond donors (Lipinski definition) is 1. The molecule has 1 fully saturated rings. The third kappa shape index (κ3) is 5.54. The van der Waals surface area contributed by atoms with Gasteiger partial charge in [0, 0.05) is 17.6 Å². The predicted molar refractivity (Wildman–Crippen MR) is 118 cm³/mol. The number of aromatic nitrogens is 2. The molecule has 6 heteroatoms. The standard InChI is InChI=1S/C22H30ClN3OS/c1-15(2)13-26-20(17-8-10-18(23)11-9-17)12-24-22(26)28-14-21(27)25-19-7-5-4-6-16(19)3/h8-12,15-16,19H,4-7,13-14H2,1-3H3,(H,25,27). The Morgan fingerprint density at radius 1 is 1.29 bits per heavy atom. The lowest BCUT2D eigenvalue weighted by atomic mass is 9.86. The number of carbonyl (C=O) groups is 1. The Labute approximate surface area is 177 Å². The summed E-state index contributed by atoms with van der Waals surface area (Å²) in [6.45, 7) is 7.49. The number of nitrogens with one attached hydrogen (secondary N) is 1. The van der Waals surface area contributed by atoms with E-state index in [0.29, 0.717) is 23.6 Å². The van der Waals surface area contributed by atoms with Gasteiger partial charge in [-0.15, -0.1) is 0 Å². The molecule has 1 heterocycles. The van der Waals surface area contributed by atoms with Crippen LogP contribution in [0.15, 0.2) is 35.6 Å². The lowest BCUT2D eigenvalue weighted by Crippen LogP contribution is -2.41. The lowest BCUT2D eigenvalue weighted by Gasteiger charge is -2.29. The number of carbonyl (C=O) groups excluding carboxylic acids is 1. The first-order chi connectivity index (χ1) is 13.4. The number of imidazole rings is 1. The molecule has 152 valence electrons. The average molecular weight is 420 g/mol. The van der Waals surface area contributed by atoms with Crippen molar-refractivity contribution in [1.82, 2.24) is 14.9 Å². The van der Waals surface area contributed by atoms with Crippen LogP contribution < -0.4 is 5.32 Å². The minimum absolute atomic E-state index is 0.107. The van der Waals surface area contributed by atoms with Crippen molar-refractivity contribution in [3.63, 3.8) is 0 Å². The summed E-state index contributed by atoms with van der Waals surface area (Å²) >= 11 is 7.55. The summed E-state index contributed by atoms with van der Waals surface area (Å²) in [7, 11) is 0. The van der Waals surface area contributed by atoms with Crippen molar-refractivity contribution in [1.29, 1.82) is 0 Å². The van der Waals surface area contributed by atoms with E-state index < -0.39 is 0 Å². The van der Waals surface area contributed by atoms with Gasteiger partial charge >= 0.3 is 0 Å². The van der Waals surface area contributed by atoms with Crippen molar-refractivity contribution in [3.8, 4) is 11.3 Å². The molecule has 0 bridgehead atoms. The van der Waals surface area contributed by atoms with Gasteiger partial charge < -0.3 is 9.88 Å². The summed E-state index contributed by atoms with van der Waals surface area (Å²) in [5, 5.41) is 4.85. The van der Waals surface area contributed by atoms with Crippen LogP contribution >= 0.6 is 23.4 Å². The minimum Gasteiger partial charge on any atom is -0.352 e. The Hall–Kier alpha value is -1.46. The minimum atomic E-state index is 0.107. The Kier molecular flexibility index (Phi) is 7.47. The lowest BCUT2D eigenvalue weighted by molar-refractivity contribution is -0.119. The van der Waals surface area contributed by atoms with Gasteiger partial charge in [-0.1, -0.05) is 69.1 Å². The number of amides is 1. The van der Waals surface area contributed by atoms with Gasteiger partial charge in [-0.25, -0.2) is 4.98 Å². The van der Waals surface area contributed by atoms with Crippen molar-refractivity contribution >= 4 is 29.3 Å². The molecular formula is C22H30ClN3OS. The highest BCUT2D eigenvalue weighted by molar-refractivity contribution is 7.99. The number of hydrogen-bond acceptors (Lipinski definition) is 3. The van der Waals surface area contributed by atoms with Gasteiger partial charge in [-0.3, -0.25) is 4.79 Å². The summed E-state index contributed by atoms with van der Waals surface area (Å²) in [6.07, 6.45) is 6.70. The monoisotopic (exact) mass is 419 g/mol. The largest absolute Gasteiger partial charge is 0.352 e. The number of thioether (sulfide) groups is 1. The SMILES string of the molecule is CC(C)Cn1c(-c2ccc(Cl)cc2)cnc1SCC(=O)NC1CCCCC1C. The van der Waals surface area contributed by atoms with E-state index in [1.165, 1.54) is 31.0 Å². The zero-order chi connectivity index (χ0) is 20.1. The Bertz CT molecular complexity index is 788. The molecule has 0 aliphatic heterocycles. The van der Waals surface area contributed by atoms with Crippen molar-refractivity contribution in [3.05, 3.63) is 35.5 Å². The smallest absolute Gasteiger partial charge is 0.230 e. The Morgan fingerprint density at radius 3 is 2.68 bits per heavy atom. The van der Waals surface area contributed by atoms with Crippen LogP contribution in [0.25, 0.3) is 11.3 Å². The molecule has 2 atom stereocenters. The summed E-state index contributed by atoms with van der Waals surface area (Å²) < 4.78 is 2.22. The van der Waals surface area contributed by atoms with E-state index in [4.69, 9.17) is 11.6 Å². The number of nitrogens with zero attached hydrogens (tertiary/aromatic N) is 2. The molecule has 2 aromatic rings. The fourth-order valence-electron chi connectivity index (χ4n) is 3.78. The summed E-state index contributed by atoms with van der Waals surface area (Å²) in [6, 6.07) is 8.15. The summed E-state index contributed by atoms with van der Waals surface area (Å²) in [5.74, 6) is 1.56. The Balaban J connectivity index is 1.69. The van der Waals surface area contributed by atoms with Crippen molar-refractivity contribution in [2.45, 2.75) is 64.2 Å². The molecule has 1 saturated carbocycles. The van der Waals surface area contributed by atoms with Gasteiger partial charge in [0.05, 0.1) is 17.6 Å². The van der Waals surface area contributed by atoms with Crippen LogP contribution in [-0.2, 0) is 11.3 Å². The number of rotatable bonds is 7. The number of halogens is 1. The van der Waals surface area contributed by atoms with Crippen molar-refractivity contribution in [2.24, 2.45) is 11.8 Å². The van der Waals surface area contributed by atoms with Crippen LogP contribution in [0.3, 0.4) is 0 Å². The van der Waals surface area contributed by atoms with Crippen LogP contribution in [0, 0.1) is 11.8 Å². The normalized spacial score (nSPS) is 19.8. The zero-order valence-electron chi connectivity index (χ0n) is 17.0. The highest BCUT2D eigenvalue weighted by Crippen LogP contribution is 2.28. The predicted octanol–water partition coefficient (Wildman–Crippen LogP) is 5.65. The quantitative estimate of drug-likeness (QED) is 0.590. The highest BCUT2D eigenvalue weighted by atomic mass is 35.5. The van der Waals surface area contributed by atoms with Gasteiger partial charge in [-0.2, -0.15) is 0 Å². The second-order valence-electron chi connectivity index (χ2n) is 8.16. The molecule has 0 radical (unpaired) electrons. The molecule has 1 aliphatic rings. The molecule has 1 amide bonds. The van der Waals surface area contributed by atoms with E-state index in [2.05, 4.69) is 35.6 Å². The van der Waals surface area contributed by atoms with Gasteiger partial charge in [0.25, 0.3) is 0 Å². The molecule has 0 saturated heterocycles. The summed E-state index contributed by atoms with van der Waals surface area (Å²) in [4.78, 5) is 17.1. The fourth-order valence-corrected chi connectivity index (χ4v) is 4.70. The molecular weight excluding hydrogens is 390 g/mol. The molecule has 1 aromatic carbocycles.